The van der Waals surface area contributed by atoms with Gasteiger partial charge in [0.25, 0.3) is 0 Å². The maximum Gasteiger partial charge on any atom is 0.157 e. The maximum absolute atomic E-state index is 13.4. The lowest BCUT2D eigenvalue weighted by molar-refractivity contribution is -0.0678. The van der Waals surface area contributed by atoms with Gasteiger partial charge in [-0.05, 0) is 48.3 Å². The molecule has 0 radical (unpaired) electrons. The van der Waals surface area contributed by atoms with E-state index in [9.17, 15) is 9.65 Å². The number of nitriles is 1. The lowest BCUT2D eigenvalue weighted by atomic mass is 9.81. The molecule has 5 heteroatoms. The Morgan fingerprint density at radius 3 is 2.65 bits per heavy atom. The van der Waals surface area contributed by atoms with E-state index in [2.05, 4.69) is 12.6 Å². The van der Waals surface area contributed by atoms with E-state index in [0.717, 1.165) is 16.7 Å². The quantitative estimate of drug-likeness (QED) is 0.745. The summed E-state index contributed by atoms with van der Waals surface area (Å²) in [7, 11) is 0. The number of rotatable bonds is 5. The second-order valence-corrected chi connectivity index (χ2v) is 6.34. The fourth-order valence-electron chi connectivity index (χ4n) is 3.37. The summed E-state index contributed by atoms with van der Waals surface area (Å²) >= 11 is 0. The number of allylic oxidation sites excluding steroid dienone is 3. The van der Waals surface area contributed by atoms with Crippen molar-refractivity contribution in [3.05, 3.63) is 71.1 Å². The Labute approximate surface area is 153 Å². The molecule has 2 heterocycles. The number of hydrogen-bond acceptors (Lipinski definition) is 4. The van der Waals surface area contributed by atoms with Gasteiger partial charge in [-0.25, -0.2) is 4.39 Å². The first-order valence-electron chi connectivity index (χ1n) is 8.69. The molecule has 4 nitrogen and oxygen atoms in total. The van der Waals surface area contributed by atoms with Gasteiger partial charge in [-0.3, -0.25) is 0 Å². The van der Waals surface area contributed by atoms with Gasteiger partial charge in [-0.1, -0.05) is 24.8 Å². The van der Waals surface area contributed by atoms with Crippen LogP contribution in [0.2, 0.25) is 0 Å². The summed E-state index contributed by atoms with van der Waals surface area (Å²) in [5.41, 5.74) is 2.28. The minimum atomic E-state index is -0.775. The van der Waals surface area contributed by atoms with Gasteiger partial charge < -0.3 is 14.2 Å². The van der Waals surface area contributed by atoms with Crippen LogP contribution < -0.4 is 0 Å². The van der Waals surface area contributed by atoms with Crippen LogP contribution in [0, 0.1) is 17.1 Å². The Hall–Kier alpha value is -2.26. The van der Waals surface area contributed by atoms with Crippen LogP contribution >= 0.6 is 0 Å². The SMILES string of the molecule is C=C1/C(=C\C(C#N)=C/C)COC1(CCC1OCCO1)c1ccc(F)cc1. The van der Waals surface area contributed by atoms with Crippen LogP contribution in [0.4, 0.5) is 4.39 Å². The van der Waals surface area contributed by atoms with Crippen LogP contribution in [0.5, 0.6) is 0 Å². The molecule has 0 saturated carbocycles. The molecular weight excluding hydrogens is 333 g/mol. The molecule has 1 unspecified atom stereocenters. The standard InChI is InChI=1S/C21H22FNO3/c1-3-16(13-23)12-17-14-26-21(15(17)2,9-8-20-24-10-11-25-20)18-4-6-19(22)7-5-18/h3-7,12,20H,2,8-11,14H2,1H3/b16-3+,17-12-. The largest absolute Gasteiger partial charge is 0.361 e. The summed E-state index contributed by atoms with van der Waals surface area (Å²) in [5.74, 6) is -0.300. The zero-order valence-electron chi connectivity index (χ0n) is 14.8. The van der Waals surface area contributed by atoms with E-state index >= 15 is 0 Å². The van der Waals surface area contributed by atoms with Crippen LogP contribution in [0.25, 0.3) is 0 Å². The first-order valence-corrected chi connectivity index (χ1v) is 8.69. The van der Waals surface area contributed by atoms with Crippen molar-refractivity contribution in [2.24, 2.45) is 0 Å². The summed E-state index contributed by atoms with van der Waals surface area (Å²) < 4.78 is 30.7. The molecular formula is C21H22FNO3. The highest BCUT2D eigenvalue weighted by molar-refractivity contribution is 5.51. The zero-order chi connectivity index (χ0) is 18.6. The molecule has 3 rings (SSSR count). The first kappa shape index (κ1) is 18.5. The van der Waals surface area contributed by atoms with Gasteiger partial charge >= 0.3 is 0 Å². The van der Waals surface area contributed by atoms with Crippen LogP contribution in [-0.4, -0.2) is 26.1 Å². The van der Waals surface area contributed by atoms with Crippen LogP contribution in [0.15, 0.2) is 59.7 Å². The molecule has 0 N–H and O–H groups in total. The van der Waals surface area contributed by atoms with Gasteiger partial charge in [0.2, 0.25) is 0 Å². The van der Waals surface area contributed by atoms with Crippen molar-refractivity contribution in [1.82, 2.24) is 0 Å². The normalized spacial score (nSPS) is 25.8. The summed E-state index contributed by atoms with van der Waals surface area (Å²) in [6, 6.07) is 8.44. The summed E-state index contributed by atoms with van der Waals surface area (Å²) in [6.45, 7) is 7.60. The average Bonchev–Trinajstić information content (AvgIpc) is 3.28. The Morgan fingerprint density at radius 2 is 2.04 bits per heavy atom. The summed E-state index contributed by atoms with van der Waals surface area (Å²) in [4.78, 5) is 0. The van der Waals surface area contributed by atoms with E-state index < -0.39 is 5.60 Å². The first-order chi connectivity index (χ1) is 12.6. The molecule has 0 aliphatic carbocycles. The Balaban J connectivity index is 1.92. The molecule has 2 saturated heterocycles. The van der Waals surface area contributed by atoms with E-state index in [4.69, 9.17) is 14.2 Å². The molecule has 2 aliphatic rings. The van der Waals surface area contributed by atoms with Gasteiger partial charge in [0.05, 0.1) is 25.9 Å². The molecule has 1 atom stereocenters. The fourth-order valence-corrected chi connectivity index (χ4v) is 3.37. The summed E-state index contributed by atoms with van der Waals surface area (Å²) in [6.07, 6.45) is 4.52. The van der Waals surface area contributed by atoms with Gasteiger partial charge in [-0.2, -0.15) is 5.26 Å². The molecule has 0 amide bonds. The number of ether oxygens (including phenoxy) is 3. The van der Waals surface area contributed by atoms with Crippen LogP contribution in [0.1, 0.15) is 25.3 Å². The van der Waals surface area contributed by atoms with Gasteiger partial charge in [0, 0.05) is 12.0 Å². The molecule has 0 spiro atoms. The topological polar surface area (TPSA) is 51.5 Å². The Bertz CT molecular complexity index is 769. The number of nitrogens with zero attached hydrogens (tertiary/aromatic N) is 1. The lowest BCUT2D eigenvalue weighted by Crippen LogP contribution is -2.28. The third-order valence-corrected chi connectivity index (χ3v) is 4.85. The van der Waals surface area contributed by atoms with E-state index in [1.807, 2.05) is 6.92 Å². The average molecular weight is 355 g/mol. The van der Waals surface area contributed by atoms with E-state index in [1.165, 1.54) is 12.1 Å². The molecule has 0 aromatic heterocycles. The molecule has 1 aromatic rings. The van der Waals surface area contributed by atoms with Crippen molar-refractivity contribution in [2.75, 3.05) is 19.8 Å². The minimum absolute atomic E-state index is 0.262. The molecule has 2 fully saturated rings. The maximum atomic E-state index is 13.4. The summed E-state index contributed by atoms with van der Waals surface area (Å²) in [5, 5.41) is 9.19. The van der Waals surface area contributed by atoms with Crippen molar-refractivity contribution >= 4 is 0 Å². The van der Waals surface area contributed by atoms with E-state index in [0.29, 0.717) is 38.2 Å². The lowest BCUT2D eigenvalue weighted by Gasteiger charge is -2.31. The van der Waals surface area contributed by atoms with Crippen molar-refractivity contribution < 1.29 is 18.6 Å². The predicted molar refractivity (Wildman–Crippen MR) is 95.5 cm³/mol. The van der Waals surface area contributed by atoms with Crippen molar-refractivity contribution in [2.45, 2.75) is 31.7 Å². The Morgan fingerprint density at radius 1 is 1.35 bits per heavy atom. The smallest absolute Gasteiger partial charge is 0.157 e. The number of benzene rings is 1. The Kier molecular flexibility index (Phi) is 5.67. The van der Waals surface area contributed by atoms with Crippen molar-refractivity contribution in [3.8, 4) is 6.07 Å². The van der Waals surface area contributed by atoms with Gasteiger partial charge in [0.1, 0.15) is 11.4 Å². The van der Waals surface area contributed by atoms with E-state index in [-0.39, 0.29) is 12.1 Å². The fraction of sp³-hybridized carbons (Fsp3) is 0.381. The highest BCUT2D eigenvalue weighted by atomic mass is 19.1. The molecule has 2 aliphatic heterocycles. The number of halogens is 1. The molecule has 26 heavy (non-hydrogen) atoms. The van der Waals surface area contributed by atoms with Crippen LogP contribution in [0.3, 0.4) is 0 Å². The predicted octanol–water partition coefficient (Wildman–Crippen LogP) is 4.16. The molecule has 0 bridgehead atoms. The number of hydrogen-bond donors (Lipinski definition) is 0. The van der Waals surface area contributed by atoms with Crippen LogP contribution in [-0.2, 0) is 19.8 Å². The second kappa shape index (κ2) is 7.96. The van der Waals surface area contributed by atoms with Crippen molar-refractivity contribution in [3.63, 3.8) is 0 Å². The highest BCUT2D eigenvalue weighted by Crippen LogP contribution is 2.46. The van der Waals surface area contributed by atoms with E-state index in [1.54, 1.807) is 24.3 Å². The third-order valence-electron chi connectivity index (χ3n) is 4.85. The minimum Gasteiger partial charge on any atom is -0.361 e. The zero-order valence-corrected chi connectivity index (χ0v) is 14.8. The van der Waals surface area contributed by atoms with Gasteiger partial charge in [-0.15, -0.1) is 0 Å². The van der Waals surface area contributed by atoms with Gasteiger partial charge in [0.15, 0.2) is 6.29 Å². The molecule has 136 valence electrons. The highest BCUT2D eigenvalue weighted by Gasteiger charge is 2.43. The third kappa shape index (κ3) is 3.63. The molecule has 1 aromatic carbocycles. The second-order valence-electron chi connectivity index (χ2n) is 6.34. The van der Waals surface area contributed by atoms with Crippen molar-refractivity contribution in [1.29, 1.82) is 5.26 Å². The monoisotopic (exact) mass is 355 g/mol.